The third-order valence-electron chi connectivity index (χ3n) is 2.49. The maximum Gasteiger partial charge on any atom is 0.244 e. The molecule has 0 saturated carbocycles. The van der Waals surface area contributed by atoms with Crippen LogP contribution in [-0.2, 0) is 19.5 Å². The third-order valence-corrected chi connectivity index (χ3v) is 4.37. The number of nitrogens with zero attached hydrogens (tertiary/aromatic N) is 2. The van der Waals surface area contributed by atoms with E-state index in [4.69, 9.17) is 16.4 Å². The normalized spacial score (nSPS) is 12.0. The van der Waals surface area contributed by atoms with E-state index in [0.717, 1.165) is 0 Å². The van der Waals surface area contributed by atoms with Gasteiger partial charge in [-0.15, -0.1) is 0 Å². The van der Waals surface area contributed by atoms with E-state index in [9.17, 15) is 8.42 Å². The number of aromatic nitrogens is 1. The zero-order valence-corrected chi connectivity index (χ0v) is 11.9. The van der Waals surface area contributed by atoms with E-state index in [0.29, 0.717) is 13.2 Å². The highest BCUT2D eigenvalue weighted by atomic mass is 32.2. The minimum atomic E-state index is -3.61. The Morgan fingerprint density at radius 3 is 2.21 bits per heavy atom. The van der Waals surface area contributed by atoms with Crippen LogP contribution in [0.4, 0.5) is 0 Å². The number of pyridine rings is 1. The predicted molar refractivity (Wildman–Crippen MR) is 70.1 cm³/mol. The van der Waals surface area contributed by atoms with Crippen molar-refractivity contribution in [2.75, 3.05) is 40.5 Å². The molecule has 0 aliphatic rings. The van der Waals surface area contributed by atoms with Gasteiger partial charge >= 0.3 is 0 Å². The Labute approximate surface area is 114 Å². The third kappa shape index (κ3) is 4.54. The summed E-state index contributed by atoms with van der Waals surface area (Å²) in [6.07, 6.45) is 1.25. The largest absolute Gasteiger partial charge is 0.383 e. The van der Waals surface area contributed by atoms with E-state index in [2.05, 4.69) is 4.98 Å². The number of ether oxygens (including phenoxy) is 2. The van der Waals surface area contributed by atoms with Gasteiger partial charge in [-0.25, -0.2) is 8.42 Å². The molecule has 0 aliphatic carbocycles. The summed E-state index contributed by atoms with van der Waals surface area (Å²) in [7, 11) is -0.568. The Morgan fingerprint density at radius 2 is 1.79 bits per heavy atom. The number of hydrogen-bond donors (Lipinski definition) is 0. The van der Waals surface area contributed by atoms with Crippen molar-refractivity contribution in [2.24, 2.45) is 0 Å². The van der Waals surface area contributed by atoms with Crippen LogP contribution in [0.5, 0.6) is 0 Å². The van der Waals surface area contributed by atoms with Gasteiger partial charge in [0.1, 0.15) is 4.90 Å². The van der Waals surface area contributed by atoms with E-state index >= 15 is 0 Å². The van der Waals surface area contributed by atoms with Crippen molar-refractivity contribution in [3.05, 3.63) is 30.9 Å². The van der Waals surface area contributed by atoms with Crippen molar-refractivity contribution in [1.29, 1.82) is 0 Å². The first kappa shape index (κ1) is 16.0. The predicted octanol–water partition coefficient (Wildman–Crippen LogP) is 0.424. The second kappa shape index (κ2) is 7.54. The molecule has 6 nitrogen and oxygen atoms in total. The number of methoxy groups -OCH3 is 2. The highest BCUT2D eigenvalue weighted by Gasteiger charge is 2.24. The second-order valence-electron chi connectivity index (χ2n) is 3.81. The topological polar surface area (TPSA) is 68.7 Å². The summed E-state index contributed by atoms with van der Waals surface area (Å²) >= 11 is 0. The van der Waals surface area contributed by atoms with Crippen LogP contribution in [0.15, 0.2) is 23.2 Å². The summed E-state index contributed by atoms with van der Waals surface area (Å²) in [4.78, 5) is 3.90. The maximum atomic E-state index is 12.4. The second-order valence-corrected chi connectivity index (χ2v) is 5.75. The summed E-state index contributed by atoms with van der Waals surface area (Å²) in [5.41, 5.74) is 0.277. The molecular formula is C12H18N2O4S. The van der Waals surface area contributed by atoms with Crippen molar-refractivity contribution in [3.63, 3.8) is 0 Å². The fourth-order valence-electron chi connectivity index (χ4n) is 1.43. The fraction of sp³-hybridized carbons (Fsp3) is 0.500. The first-order chi connectivity index (χ1) is 9.02. The van der Waals surface area contributed by atoms with E-state index in [1.54, 1.807) is 0 Å². The zero-order valence-electron chi connectivity index (χ0n) is 11.1. The van der Waals surface area contributed by atoms with E-state index in [-0.39, 0.29) is 23.7 Å². The quantitative estimate of drug-likeness (QED) is 0.693. The van der Waals surface area contributed by atoms with Crippen molar-refractivity contribution in [2.45, 2.75) is 4.90 Å². The number of rotatable bonds is 8. The van der Waals surface area contributed by atoms with Crippen LogP contribution in [0.25, 0.3) is 0 Å². The molecule has 0 N–H and O–H groups in total. The van der Waals surface area contributed by atoms with Crippen LogP contribution in [0.3, 0.4) is 0 Å². The molecule has 0 saturated heterocycles. The molecular weight excluding hydrogens is 268 g/mol. The van der Waals surface area contributed by atoms with Crippen molar-refractivity contribution in [3.8, 4) is 0 Å². The van der Waals surface area contributed by atoms with Gasteiger partial charge in [0.2, 0.25) is 10.0 Å². The van der Waals surface area contributed by atoms with Gasteiger partial charge in [0.25, 0.3) is 0 Å². The van der Waals surface area contributed by atoms with Gasteiger partial charge in [0, 0.05) is 46.1 Å². The standard InChI is InChI=1S/C12H18N2O4S/c1-11-4-5-12(10-13-11)19(15,16)14(6-8-17-2)7-9-18-3/h1,4-5,10H,6-9H2,2-3H3. The summed E-state index contributed by atoms with van der Waals surface area (Å²) in [6, 6.07) is 2.89. The minimum absolute atomic E-state index is 0.105. The Bertz CT molecular complexity index is 465. The van der Waals surface area contributed by atoms with Crippen LogP contribution >= 0.6 is 0 Å². The molecule has 1 aromatic heterocycles. The van der Waals surface area contributed by atoms with Gasteiger partial charge in [-0.2, -0.15) is 4.31 Å². The SMILES string of the molecule is [CH]c1ccc(S(=O)(=O)N(CCOC)CCOC)cn1. The molecule has 0 unspecified atom stereocenters. The van der Waals surface area contributed by atoms with Crippen molar-refractivity contribution >= 4 is 10.0 Å². The van der Waals surface area contributed by atoms with Gasteiger partial charge in [0.05, 0.1) is 13.2 Å². The summed E-state index contributed by atoms with van der Waals surface area (Å²) < 4.78 is 35.9. The smallest absolute Gasteiger partial charge is 0.244 e. The molecule has 1 rings (SSSR count). The average Bonchev–Trinajstić information content (AvgIpc) is 2.39. The number of hydrogen-bond acceptors (Lipinski definition) is 5. The molecule has 7 heteroatoms. The van der Waals surface area contributed by atoms with E-state index in [1.807, 2.05) is 0 Å². The van der Waals surface area contributed by atoms with Gasteiger partial charge in [-0.3, -0.25) is 4.98 Å². The molecule has 0 aromatic carbocycles. The molecule has 106 valence electrons. The lowest BCUT2D eigenvalue weighted by Gasteiger charge is -2.21. The van der Waals surface area contributed by atoms with Gasteiger partial charge < -0.3 is 9.47 Å². The molecule has 0 aliphatic heterocycles. The van der Waals surface area contributed by atoms with Crippen LogP contribution in [0, 0.1) is 6.92 Å². The summed E-state index contributed by atoms with van der Waals surface area (Å²) in [5, 5.41) is 0. The molecule has 0 atom stereocenters. The molecule has 0 fully saturated rings. The van der Waals surface area contributed by atoms with E-state index < -0.39 is 10.0 Å². The Hall–Kier alpha value is -1.02. The first-order valence-corrected chi connectivity index (χ1v) is 7.16. The average molecular weight is 286 g/mol. The Balaban J connectivity index is 2.93. The molecule has 2 radical (unpaired) electrons. The molecule has 1 heterocycles. The van der Waals surface area contributed by atoms with Crippen LogP contribution in [0.2, 0.25) is 0 Å². The van der Waals surface area contributed by atoms with Gasteiger partial charge in [-0.05, 0) is 12.1 Å². The van der Waals surface area contributed by atoms with Gasteiger partial charge in [0.15, 0.2) is 0 Å². The number of sulfonamides is 1. The summed E-state index contributed by atoms with van der Waals surface area (Å²) in [6.45, 7) is 6.58. The Morgan fingerprint density at radius 1 is 1.21 bits per heavy atom. The molecule has 0 amide bonds. The van der Waals surface area contributed by atoms with Crippen molar-refractivity contribution in [1.82, 2.24) is 9.29 Å². The minimum Gasteiger partial charge on any atom is -0.383 e. The molecule has 19 heavy (non-hydrogen) atoms. The van der Waals surface area contributed by atoms with Crippen LogP contribution in [0.1, 0.15) is 5.69 Å². The lowest BCUT2D eigenvalue weighted by atomic mass is 10.4. The zero-order chi connectivity index (χ0) is 14.3. The highest BCUT2D eigenvalue weighted by Crippen LogP contribution is 2.14. The highest BCUT2D eigenvalue weighted by molar-refractivity contribution is 7.89. The Kier molecular flexibility index (Phi) is 6.36. The van der Waals surface area contributed by atoms with Crippen LogP contribution < -0.4 is 0 Å². The van der Waals surface area contributed by atoms with Crippen LogP contribution in [-0.4, -0.2) is 58.2 Å². The van der Waals surface area contributed by atoms with Crippen molar-refractivity contribution < 1.29 is 17.9 Å². The van der Waals surface area contributed by atoms with E-state index in [1.165, 1.54) is 36.9 Å². The maximum absolute atomic E-state index is 12.4. The lowest BCUT2D eigenvalue weighted by molar-refractivity contribution is 0.150. The fourth-order valence-corrected chi connectivity index (χ4v) is 2.79. The van der Waals surface area contributed by atoms with Gasteiger partial charge in [-0.1, -0.05) is 0 Å². The molecule has 0 spiro atoms. The lowest BCUT2D eigenvalue weighted by Crippen LogP contribution is -2.36. The monoisotopic (exact) mass is 286 g/mol. The first-order valence-electron chi connectivity index (χ1n) is 5.72. The molecule has 0 bridgehead atoms. The summed E-state index contributed by atoms with van der Waals surface area (Å²) in [5.74, 6) is 0. The molecule has 1 aromatic rings.